The van der Waals surface area contributed by atoms with Gasteiger partial charge in [-0.05, 0) is 37.5 Å². The molecule has 2 aliphatic heterocycles. The zero-order valence-electron chi connectivity index (χ0n) is 11.7. The number of fused-ring (bicyclic) bond motifs is 2. The third-order valence-electron chi connectivity index (χ3n) is 4.10. The monoisotopic (exact) mass is 333 g/mol. The summed E-state index contributed by atoms with van der Waals surface area (Å²) in [5.74, 6) is -0.490. The van der Waals surface area contributed by atoms with Crippen molar-refractivity contribution in [2.45, 2.75) is 42.7 Å². The van der Waals surface area contributed by atoms with Crippen LogP contribution in [-0.2, 0) is 20.6 Å². The number of hydrogen-bond acceptors (Lipinski definition) is 3. The van der Waals surface area contributed by atoms with Gasteiger partial charge in [0.25, 0.3) is 0 Å². The van der Waals surface area contributed by atoms with E-state index in [2.05, 4.69) is 0 Å². The Bertz CT molecular complexity index is 652. The second-order valence-corrected chi connectivity index (χ2v) is 7.83. The van der Waals surface area contributed by atoms with Crippen LogP contribution in [0.5, 0.6) is 0 Å². The Hall–Kier alpha value is -0.690. The van der Waals surface area contributed by atoms with Gasteiger partial charge in [-0.2, -0.15) is 4.31 Å². The van der Waals surface area contributed by atoms with Crippen molar-refractivity contribution in [1.82, 2.24) is 4.31 Å². The van der Waals surface area contributed by atoms with Gasteiger partial charge >= 0.3 is 0 Å². The van der Waals surface area contributed by atoms with Gasteiger partial charge in [-0.3, -0.25) is 0 Å². The summed E-state index contributed by atoms with van der Waals surface area (Å²) in [6.07, 6.45) is 1.75. The van der Waals surface area contributed by atoms with Crippen LogP contribution in [-0.4, -0.2) is 38.0 Å². The molecule has 2 unspecified atom stereocenters. The minimum absolute atomic E-state index is 0.0208. The smallest absolute Gasteiger partial charge is 0.243 e. The van der Waals surface area contributed by atoms with Crippen molar-refractivity contribution < 1.29 is 17.5 Å². The summed E-state index contributed by atoms with van der Waals surface area (Å²) < 4.78 is 46.4. The predicted molar refractivity (Wildman–Crippen MR) is 77.3 cm³/mol. The molecule has 0 N–H and O–H groups in total. The molecule has 0 amide bonds. The fourth-order valence-electron chi connectivity index (χ4n) is 2.98. The van der Waals surface area contributed by atoms with Crippen molar-refractivity contribution in [1.29, 1.82) is 0 Å². The molecule has 3 rings (SSSR count). The molecule has 1 aromatic carbocycles. The molecule has 2 fully saturated rings. The summed E-state index contributed by atoms with van der Waals surface area (Å²) in [6, 6.07) is 2.71. The number of hydrogen-bond donors (Lipinski definition) is 0. The average Bonchev–Trinajstić information content (AvgIpc) is 2.79. The summed E-state index contributed by atoms with van der Waals surface area (Å²) in [5.41, 5.74) is 0.509. The SMILES string of the molecule is Cc1cc(S(=O)(=O)N2CC3CCC(C2)O3)cc(CCl)c1F. The van der Waals surface area contributed by atoms with E-state index in [9.17, 15) is 12.8 Å². The minimum atomic E-state index is -3.63. The van der Waals surface area contributed by atoms with Gasteiger partial charge < -0.3 is 4.74 Å². The topological polar surface area (TPSA) is 46.6 Å². The number of morpholine rings is 1. The first-order valence-corrected chi connectivity index (χ1v) is 8.90. The number of rotatable bonds is 3. The number of nitrogens with zero attached hydrogens (tertiary/aromatic N) is 1. The molecule has 0 radical (unpaired) electrons. The molecule has 116 valence electrons. The van der Waals surface area contributed by atoms with Crippen LogP contribution in [0.2, 0.25) is 0 Å². The van der Waals surface area contributed by atoms with Crippen LogP contribution in [0.25, 0.3) is 0 Å². The van der Waals surface area contributed by atoms with Gasteiger partial charge in [0.05, 0.1) is 23.0 Å². The van der Waals surface area contributed by atoms with Crippen LogP contribution >= 0.6 is 11.6 Å². The summed E-state index contributed by atoms with van der Waals surface area (Å²) in [4.78, 5) is 0.110. The molecule has 2 saturated heterocycles. The molecule has 4 nitrogen and oxygen atoms in total. The van der Waals surface area contributed by atoms with Crippen molar-refractivity contribution in [3.8, 4) is 0 Å². The van der Waals surface area contributed by atoms with Gasteiger partial charge in [-0.25, -0.2) is 12.8 Å². The molecule has 2 heterocycles. The van der Waals surface area contributed by atoms with E-state index in [1.807, 2.05) is 0 Å². The molecule has 2 atom stereocenters. The number of aryl methyl sites for hydroxylation is 1. The molecule has 0 spiro atoms. The lowest BCUT2D eigenvalue weighted by Crippen LogP contribution is -2.45. The highest BCUT2D eigenvalue weighted by molar-refractivity contribution is 7.89. The fraction of sp³-hybridized carbons (Fsp3) is 0.571. The van der Waals surface area contributed by atoms with E-state index in [0.29, 0.717) is 18.7 Å². The molecule has 1 aromatic rings. The third kappa shape index (κ3) is 2.70. The predicted octanol–water partition coefficient (Wildman–Crippen LogP) is 2.42. The van der Waals surface area contributed by atoms with Crippen molar-refractivity contribution in [2.24, 2.45) is 0 Å². The van der Waals surface area contributed by atoms with Crippen molar-refractivity contribution in [3.63, 3.8) is 0 Å². The molecule has 21 heavy (non-hydrogen) atoms. The van der Waals surface area contributed by atoms with Gasteiger partial charge in [0.2, 0.25) is 10.0 Å². The number of halogens is 2. The molecule has 0 aromatic heterocycles. The first kappa shape index (κ1) is 15.2. The lowest BCUT2D eigenvalue weighted by atomic mass is 10.1. The Kier molecular flexibility index (Phi) is 3.98. The average molecular weight is 334 g/mol. The van der Waals surface area contributed by atoms with Gasteiger partial charge in [-0.15, -0.1) is 11.6 Å². The van der Waals surface area contributed by atoms with Crippen LogP contribution in [0, 0.1) is 12.7 Å². The Balaban J connectivity index is 1.97. The first-order chi connectivity index (χ1) is 9.91. The normalized spacial score (nSPS) is 26.2. The van der Waals surface area contributed by atoms with E-state index >= 15 is 0 Å². The van der Waals surface area contributed by atoms with Crippen LogP contribution in [0.3, 0.4) is 0 Å². The number of ether oxygens (including phenoxy) is 1. The molecule has 2 aliphatic rings. The zero-order chi connectivity index (χ0) is 15.2. The Morgan fingerprint density at radius 2 is 1.95 bits per heavy atom. The Labute approximate surface area is 128 Å². The van der Waals surface area contributed by atoms with E-state index in [1.165, 1.54) is 16.4 Å². The lowest BCUT2D eigenvalue weighted by Gasteiger charge is -2.31. The zero-order valence-corrected chi connectivity index (χ0v) is 13.3. The highest BCUT2D eigenvalue weighted by Crippen LogP contribution is 2.31. The molecular formula is C14H17ClFNO3S. The van der Waals surface area contributed by atoms with Gasteiger partial charge in [0, 0.05) is 18.7 Å². The maximum atomic E-state index is 13.8. The van der Waals surface area contributed by atoms with Crippen LogP contribution in [0.4, 0.5) is 4.39 Å². The first-order valence-electron chi connectivity index (χ1n) is 6.92. The highest BCUT2D eigenvalue weighted by Gasteiger charge is 2.39. The van der Waals surface area contributed by atoms with E-state index in [-0.39, 0.29) is 28.5 Å². The Morgan fingerprint density at radius 3 is 2.52 bits per heavy atom. The van der Waals surface area contributed by atoms with Gasteiger partial charge in [0.15, 0.2) is 0 Å². The van der Waals surface area contributed by atoms with Crippen LogP contribution < -0.4 is 0 Å². The Morgan fingerprint density at radius 1 is 1.33 bits per heavy atom. The molecule has 0 saturated carbocycles. The maximum absolute atomic E-state index is 13.8. The molecule has 0 aliphatic carbocycles. The van der Waals surface area contributed by atoms with Gasteiger partial charge in [-0.1, -0.05) is 0 Å². The lowest BCUT2D eigenvalue weighted by molar-refractivity contribution is -0.0114. The molecular weight excluding hydrogens is 317 g/mol. The van der Waals surface area contributed by atoms with Crippen molar-refractivity contribution >= 4 is 21.6 Å². The summed E-state index contributed by atoms with van der Waals surface area (Å²) in [6.45, 7) is 2.28. The minimum Gasteiger partial charge on any atom is -0.372 e. The van der Waals surface area contributed by atoms with E-state index in [0.717, 1.165) is 12.8 Å². The fourth-order valence-corrected chi connectivity index (χ4v) is 4.81. The molecule has 2 bridgehead atoms. The summed E-state index contributed by atoms with van der Waals surface area (Å²) in [5, 5.41) is 0. The second-order valence-electron chi connectivity index (χ2n) is 5.63. The van der Waals surface area contributed by atoms with Crippen LogP contribution in [0.1, 0.15) is 24.0 Å². The van der Waals surface area contributed by atoms with E-state index < -0.39 is 15.8 Å². The largest absolute Gasteiger partial charge is 0.372 e. The quantitative estimate of drug-likeness (QED) is 0.798. The van der Waals surface area contributed by atoms with Gasteiger partial charge in [0.1, 0.15) is 5.82 Å². The maximum Gasteiger partial charge on any atom is 0.243 e. The number of benzene rings is 1. The highest BCUT2D eigenvalue weighted by atomic mass is 35.5. The number of sulfonamides is 1. The third-order valence-corrected chi connectivity index (χ3v) is 6.19. The second kappa shape index (κ2) is 5.50. The van der Waals surface area contributed by atoms with Crippen molar-refractivity contribution in [3.05, 3.63) is 29.1 Å². The van der Waals surface area contributed by atoms with Crippen LogP contribution in [0.15, 0.2) is 17.0 Å². The summed E-state index contributed by atoms with van der Waals surface area (Å²) in [7, 11) is -3.63. The van der Waals surface area contributed by atoms with E-state index in [1.54, 1.807) is 6.92 Å². The standard InChI is InChI=1S/C14H17ClFNO3S/c1-9-4-13(5-10(6-15)14(9)16)21(18,19)17-7-11-2-3-12(8-17)20-11/h4-5,11-12H,2-3,6-8H2,1H3. The van der Waals surface area contributed by atoms with Crippen molar-refractivity contribution in [2.75, 3.05) is 13.1 Å². The molecule has 7 heteroatoms. The summed E-state index contributed by atoms with van der Waals surface area (Å²) >= 11 is 5.70. The van der Waals surface area contributed by atoms with E-state index in [4.69, 9.17) is 16.3 Å². The number of alkyl halides is 1.